The number of halogens is 1. The highest BCUT2D eigenvalue weighted by molar-refractivity contribution is 5.34. The van der Waals surface area contributed by atoms with Gasteiger partial charge in [0.05, 0.1) is 0 Å². The molecule has 0 amide bonds. The maximum Gasteiger partial charge on any atom is 0.123 e. The average molecular weight is 314 g/mol. The van der Waals surface area contributed by atoms with Crippen molar-refractivity contribution in [3.63, 3.8) is 0 Å². The summed E-state index contributed by atoms with van der Waals surface area (Å²) in [4.78, 5) is 0. The van der Waals surface area contributed by atoms with Crippen LogP contribution in [0.4, 0.5) is 4.39 Å². The number of hydrogen-bond donors (Lipinski definition) is 1. The van der Waals surface area contributed by atoms with Gasteiger partial charge in [-0.3, -0.25) is 0 Å². The van der Waals surface area contributed by atoms with Crippen molar-refractivity contribution >= 4 is 0 Å². The lowest BCUT2D eigenvalue weighted by Crippen LogP contribution is -1.99. The molecule has 0 atom stereocenters. The average Bonchev–Trinajstić information content (AvgIpc) is 2.58. The van der Waals surface area contributed by atoms with Gasteiger partial charge in [0, 0.05) is 6.61 Å². The molecule has 0 fully saturated rings. The predicted molar refractivity (Wildman–Crippen MR) is 91.0 cm³/mol. The number of allylic oxidation sites excluding steroid dienone is 1. The van der Waals surface area contributed by atoms with Gasteiger partial charge in [0.1, 0.15) is 18.2 Å². The van der Waals surface area contributed by atoms with Crippen molar-refractivity contribution in [1.82, 2.24) is 0 Å². The highest BCUT2D eigenvalue weighted by Gasteiger charge is 2.06. The summed E-state index contributed by atoms with van der Waals surface area (Å²) in [6, 6.07) is 14.6. The molecule has 0 aromatic heterocycles. The van der Waals surface area contributed by atoms with Gasteiger partial charge in [-0.1, -0.05) is 42.5 Å². The quantitative estimate of drug-likeness (QED) is 0.538. The van der Waals surface area contributed by atoms with Crippen LogP contribution in [0.1, 0.15) is 30.4 Å². The summed E-state index contributed by atoms with van der Waals surface area (Å²) in [5, 5.41) is 8.71. The molecule has 2 rings (SSSR count). The number of rotatable bonds is 9. The molecule has 0 radical (unpaired) electrons. The molecule has 122 valence electrons. The lowest BCUT2D eigenvalue weighted by atomic mass is 10.1. The number of hydrogen-bond acceptors (Lipinski definition) is 2. The smallest absolute Gasteiger partial charge is 0.123 e. The topological polar surface area (TPSA) is 29.5 Å². The Morgan fingerprint density at radius 3 is 2.57 bits per heavy atom. The molecule has 0 aliphatic carbocycles. The molecular formula is C20H23FO2. The highest BCUT2D eigenvalue weighted by Crippen LogP contribution is 2.23. The Bertz CT molecular complexity index is 608. The molecule has 2 aromatic carbocycles. The fraction of sp³-hybridized carbons (Fsp3) is 0.300. The van der Waals surface area contributed by atoms with Gasteiger partial charge in [0.25, 0.3) is 0 Å². The molecule has 0 bridgehead atoms. The van der Waals surface area contributed by atoms with Crippen LogP contribution in [0.2, 0.25) is 0 Å². The number of unbranched alkanes of at least 4 members (excludes halogenated alkanes) is 1. The number of aryl methyl sites for hydroxylation is 1. The zero-order valence-electron chi connectivity index (χ0n) is 13.2. The van der Waals surface area contributed by atoms with Crippen LogP contribution in [0.15, 0.2) is 60.7 Å². The molecule has 0 heterocycles. The second-order valence-electron chi connectivity index (χ2n) is 5.40. The number of aliphatic hydroxyl groups is 1. The van der Waals surface area contributed by atoms with E-state index in [1.54, 1.807) is 12.1 Å². The molecule has 0 spiro atoms. The van der Waals surface area contributed by atoms with E-state index in [9.17, 15) is 4.39 Å². The zero-order valence-corrected chi connectivity index (χ0v) is 13.2. The normalized spacial score (nSPS) is 11.0. The van der Waals surface area contributed by atoms with Crippen molar-refractivity contribution in [2.45, 2.75) is 32.3 Å². The van der Waals surface area contributed by atoms with Gasteiger partial charge >= 0.3 is 0 Å². The number of aliphatic hydroxyl groups excluding tert-OH is 1. The zero-order chi connectivity index (χ0) is 16.3. The molecule has 0 unspecified atom stereocenters. The lowest BCUT2D eigenvalue weighted by molar-refractivity contribution is 0.302. The summed E-state index contributed by atoms with van der Waals surface area (Å²) >= 11 is 0. The van der Waals surface area contributed by atoms with Gasteiger partial charge in [0.15, 0.2) is 0 Å². The van der Waals surface area contributed by atoms with Crippen LogP contribution >= 0.6 is 0 Å². The van der Waals surface area contributed by atoms with Crippen LogP contribution < -0.4 is 4.74 Å². The summed E-state index contributed by atoms with van der Waals surface area (Å²) in [7, 11) is 0. The Balaban J connectivity index is 1.91. The van der Waals surface area contributed by atoms with E-state index in [1.165, 1.54) is 6.07 Å². The summed E-state index contributed by atoms with van der Waals surface area (Å²) in [5.41, 5.74) is 1.99. The van der Waals surface area contributed by atoms with E-state index >= 15 is 0 Å². The molecule has 23 heavy (non-hydrogen) atoms. The fourth-order valence-electron chi connectivity index (χ4n) is 2.34. The molecule has 0 aliphatic rings. The molecule has 0 aliphatic heterocycles. The maximum atomic E-state index is 13.5. The first-order chi connectivity index (χ1) is 11.3. The van der Waals surface area contributed by atoms with Crippen LogP contribution in [-0.2, 0) is 13.0 Å². The van der Waals surface area contributed by atoms with E-state index in [0.717, 1.165) is 36.1 Å². The van der Waals surface area contributed by atoms with E-state index in [1.807, 2.05) is 36.4 Å². The first-order valence-electron chi connectivity index (χ1n) is 8.00. The predicted octanol–water partition coefficient (Wildman–Crippen LogP) is 4.67. The van der Waals surface area contributed by atoms with E-state index in [0.29, 0.717) is 13.0 Å². The molecule has 0 saturated carbocycles. The Hall–Kier alpha value is -2.13. The Morgan fingerprint density at radius 2 is 1.78 bits per heavy atom. The van der Waals surface area contributed by atoms with Crippen molar-refractivity contribution in [1.29, 1.82) is 0 Å². The van der Waals surface area contributed by atoms with Crippen LogP contribution in [0.3, 0.4) is 0 Å². The number of ether oxygens (including phenoxy) is 1. The highest BCUT2D eigenvalue weighted by atomic mass is 19.1. The second kappa shape index (κ2) is 9.80. The first-order valence-corrected chi connectivity index (χ1v) is 8.00. The monoisotopic (exact) mass is 314 g/mol. The van der Waals surface area contributed by atoms with Crippen molar-refractivity contribution in [3.05, 3.63) is 77.6 Å². The number of benzene rings is 2. The Labute approximate surface area is 137 Å². The van der Waals surface area contributed by atoms with Gasteiger partial charge in [-0.05, 0) is 55.0 Å². The SMILES string of the molecule is OCC/C=C/CCCc1cc(F)ccc1OCc1ccccc1. The Kier molecular flexibility index (Phi) is 7.34. The minimum atomic E-state index is -0.233. The van der Waals surface area contributed by atoms with Gasteiger partial charge in [0.2, 0.25) is 0 Å². The third-order valence-corrected chi connectivity index (χ3v) is 3.54. The van der Waals surface area contributed by atoms with Crippen molar-refractivity contribution in [2.75, 3.05) is 6.61 Å². The van der Waals surface area contributed by atoms with Crippen molar-refractivity contribution < 1.29 is 14.2 Å². The van der Waals surface area contributed by atoms with Crippen LogP contribution in [0.25, 0.3) is 0 Å². The van der Waals surface area contributed by atoms with Crippen LogP contribution in [-0.4, -0.2) is 11.7 Å². The summed E-state index contributed by atoms with van der Waals surface area (Å²) in [6.07, 6.45) is 7.32. The van der Waals surface area contributed by atoms with Crippen molar-refractivity contribution in [2.24, 2.45) is 0 Å². The van der Waals surface area contributed by atoms with Crippen LogP contribution in [0, 0.1) is 5.82 Å². The largest absolute Gasteiger partial charge is 0.489 e. The minimum Gasteiger partial charge on any atom is -0.489 e. The van der Waals surface area contributed by atoms with Crippen molar-refractivity contribution in [3.8, 4) is 5.75 Å². The maximum absolute atomic E-state index is 13.5. The summed E-state index contributed by atoms with van der Waals surface area (Å²) < 4.78 is 19.3. The third-order valence-electron chi connectivity index (χ3n) is 3.54. The third kappa shape index (κ3) is 6.25. The summed E-state index contributed by atoms with van der Waals surface area (Å²) in [6.45, 7) is 0.660. The van der Waals surface area contributed by atoms with Gasteiger partial charge in [-0.15, -0.1) is 0 Å². The van der Waals surface area contributed by atoms with Gasteiger partial charge in [-0.25, -0.2) is 4.39 Å². The van der Waals surface area contributed by atoms with Gasteiger partial charge in [-0.2, -0.15) is 0 Å². The van der Waals surface area contributed by atoms with E-state index in [2.05, 4.69) is 6.08 Å². The lowest BCUT2D eigenvalue weighted by Gasteiger charge is -2.11. The molecule has 2 nitrogen and oxygen atoms in total. The second-order valence-corrected chi connectivity index (χ2v) is 5.40. The molecule has 0 saturated heterocycles. The van der Waals surface area contributed by atoms with Crippen LogP contribution in [0.5, 0.6) is 5.75 Å². The fourth-order valence-corrected chi connectivity index (χ4v) is 2.34. The van der Waals surface area contributed by atoms with E-state index < -0.39 is 0 Å². The van der Waals surface area contributed by atoms with E-state index in [4.69, 9.17) is 9.84 Å². The Morgan fingerprint density at radius 1 is 1.00 bits per heavy atom. The van der Waals surface area contributed by atoms with E-state index in [-0.39, 0.29) is 12.4 Å². The molecular weight excluding hydrogens is 291 g/mol. The molecule has 3 heteroatoms. The molecule has 2 aromatic rings. The molecule has 1 N–H and O–H groups in total. The first kappa shape index (κ1) is 17.2. The standard InChI is InChI=1S/C20H23FO2/c21-19-12-13-20(23-16-17-9-5-4-6-10-17)18(15-19)11-7-2-1-3-8-14-22/h1,3-6,9-10,12-13,15,22H,2,7-8,11,14,16H2/b3-1+. The minimum absolute atomic E-state index is 0.178. The van der Waals surface area contributed by atoms with Gasteiger partial charge < -0.3 is 9.84 Å². The summed E-state index contributed by atoms with van der Waals surface area (Å²) in [5.74, 6) is 0.512.